The van der Waals surface area contributed by atoms with E-state index in [0.29, 0.717) is 4.60 Å². The molecule has 0 saturated heterocycles. The van der Waals surface area contributed by atoms with Crippen molar-refractivity contribution in [2.45, 2.75) is 13.0 Å². The summed E-state index contributed by atoms with van der Waals surface area (Å²) in [6.45, 7) is 2.04. The first-order chi connectivity index (χ1) is 8.54. The Labute approximate surface area is 122 Å². The van der Waals surface area contributed by atoms with Crippen LogP contribution in [0.1, 0.15) is 22.9 Å². The van der Waals surface area contributed by atoms with Crippen molar-refractivity contribution in [1.82, 2.24) is 20.4 Å². The maximum Gasteiger partial charge on any atom is 0.153 e. The van der Waals surface area contributed by atoms with E-state index >= 15 is 0 Å². The first-order valence-corrected chi connectivity index (χ1v) is 6.90. The maximum absolute atomic E-state index is 5.69. The van der Waals surface area contributed by atoms with Crippen molar-refractivity contribution < 1.29 is 0 Å². The molecular weight excluding hydrogens is 362 g/mol. The summed E-state index contributed by atoms with van der Waals surface area (Å²) >= 11 is 6.85. The summed E-state index contributed by atoms with van der Waals surface area (Å²) < 4.78 is 3.44. The Balaban J connectivity index is 2.52. The number of halogens is 2. The number of nitrogens with zero attached hydrogens (tertiary/aromatic N) is 3. The van der Waals surface area contributed by atoms with Gasteiger partial charge in [-0.05, 0) is 46.1 Å². The molecule has 0 aliphatic heterocycles. The summed E-state index contributed by atoms with van der Waals surface area (Å²) in [6.07, 6.45) is 0. The van der Waals surface area contributed by atoms with E-state index in [2.05, 4.69) is 53.7 Å². The molecule has 0 spiro atoms. The third kappa shape index (κ3) is 2.49. The van der Waals surface area contributed by atoms with Crippen molar-refractivity contribution in [2.24, 2.45) is 12.9 Å². The van der Waals surface area contributed by atoms with Gasteiger partial charge in [-0.25, -0.2) is 10.1 Å². The van der Waals surface area contributed by atoms with Crippen molar-refractivity contribution in [3.05, 3.63) is 44.1 Å². The van der Waals surface area contributed by atoms with Crippen LogP contribution < -0.4 is 11.3 Å². The zero-order valence-corrected chi connectivity index (χ0v) is 13.2. The molecule has 0 saturated carbocycles. The highest BCUT2D eigenvalue weighted by Gasteiger charge is 2.22. The third-order valence-corrected chi connectivity index (χ3v) is 3.87. The molecule has 0 aliphatic carbocycles. The SMILES string of the molecule is Cc1cc(Br)ccc1C(NN)c1c(Br)nnn1C. The molecule has 1 aromatic heterocycles. The van der Waals surface area contributed by atoms with E-state index in [0.717, 1.165) is 21.3 Å². The molecule has 1 atom stereocenters. The first-order valence-electron chi connectivity index (χ1n) is 5.32. The van der Waals surface area contributed by atoms with Crippen LogP contribution in [0.15, 0.2) is 27.3 Å². The van der Waals surface area contributed by atoms with Gasteiger partial charge in [-0.2, -0.15) is 0 Å². The maximum atomic E-state index is 5.69. The standard InChI is InChI=1S/C11H13Br2N5/c1-6-5-7(12)3-4-8(6)9(15-14)10-11(13)16-17-18(10)2/h3-5,9,15H,14H2,1-2H3. The molecule has 5 nitrogen and oxygen atoms in total. The molecule has 1 unspecified atom stereocenters. The van der Waals surface area contributed by atoms with Crippen LogP contribution in [0.2, 0.25) is 0 Å². The average Bonchev–Trinajstić information content (AvgIpc) is 2.64. The van der Waals surface area contributed by atoms with Gasteiger partial charge in [0.25, 0.3) is 0 Å². The van der Waals surface area contributed by atoms with E-state index in [1.54, 1.807) is 4.68 Å². The van der Waals surface area contributed by atoms with E-state index in [4.69, 9.17) is 5.84 Å². The zero-order valence-electron chi connectivity index (χ0n) is 9.98. The van der Waals surface area contributed by atoms with Crippen LogP contribution in [0.25, 0.3) is 0 Å². The zero-order chi connectivity index (χ0) is 13.3. The van der Waals surface area contributed by atoms with Gasteiger partial charge in [0.1, 0.15) is 0 Å². The van der Waals surface area contributed by atoms with Gasteiger partial charge in [0.15, 0.2) is 4.60 Å². The Morgan fingerprint density at radius 2 is 2.11 bits per heavy atom. The molecule has 0 amide bonds. The lowest BCUT2D eigenvalue weighted by Crippen LogP contribution is -2.31. The molecular formula is C11H13Br2N5. The normalized spacial score (nSPS) is 12.7. The van der Waals surface area contributed by atoms with Crippen LogP contribution in [-0.4, -0.2) is 15.0 Å². The molecule has 0 fully saturated rings. The monoisotopic (exact) mass is 373 g/mol. The quantitative estimate of drug-likeness (QED) is 0.638. The lowest BCUT2D eigenvalue weighted by Gasteiger charge is -2.19. The summed E-state index contributed by atoms with van der Waals surface area (Å²) in [6, 6.07) is 5.91. The minimum absolute atomic E-state index is 0.160. The predicted molar refractivity (Wildman–Crippen MR) is 76.7 cm³/mol. The second-order valence-electron chi connectivity index (χ2n) is 3.99. The van der Waals surface area contributed by atoms with Crippen LogP contribution in [0.3, 0.4) is 0 Å². The van der Waals surface area contributed by atoms with Gasteiger partial charge >= 0.3 is 0 Å². The fraction of sp³-hybridized carbons (Fsp3) is 0.273. The largest absolute Gasteiger partial charge is 0.271 e. The van der Waals surface area contributed by atoms with Gasteiger partial charge in [0, 0.05) is 11.5 Å². The fourth-order valence-corrected chi connectivity index (χ4v) is 2.96. The lowest BCUT2D eigenvalue weighted by atomic mass is 9.99. The smallest absolute Gasteiger partial charge is 0.153 e. The number of rotatable bonds is 3. The van der Waals surface area contributed by atoms with Crippen LogP contribution in [0.4, 0.5) is 0 Å². The minimum atomic E-state index is -0.160. The number of benzene rings is 1. The highest BCUT2D eigenvalue weighted by Crippen LogP contribution is 2.29. The van der Waals surface area contributed by atoms with Gasteiger partial charge in [0.05, 0.1) is 11.7 Å². The Bertz CT molecular complexity index is 547. The van der Waals surface area contributed by atoms with Gasteiger partial charge < -0.3 is 0 Å². The number of hydrogen-bond acceptors (Lipinski definition) is 4. The fourth-order valence-electron chi connectivity index (χ4n) is 1.92. The van der Waals surface area contributed by atoms with Crippen LogP contribution >= 0.6 is 31.9 Å². The second-order valence-corrected chi connectivity index (χ2v) is 5.66. The predicted octanol–water partition coefficient (Wildman–Crippen LogP) is 2.20. The minimum Gasteiger partial charge on any atom is -0.271 e. The van der Waals surface area contributed by atoms with Crippen molar-refractivity contribution in [1.29, 1.82) is 0 Å². The molecule has 0 aliphatic rings. The van der Waals surface area contributed by atoms with Gasteiger partial charge in [-0.1, -0.05) is 27.2 Å². The first kappa shape index (κ1) is 13.7. The molecule has 2 rings (SSSR count). The Kier molecular flexibility index (Phi) is 4.16. The average molecular weight is 375 g/mol. The van der Waals surface area contributed by atoms with Gasteiger partial charge in [-0.15, -0.1) is 5.10 Å². The molecule has 0 radical (unpaired) electrons. The molecule has 2 aromatic rings. The van der Waals surface area contributed by atoms with Crippen molar-refractivity contribution in [3.63, 3.8) is 0 Å². The Hall–Kier alpha value is -0.760. The number of aryl methyl sites for hydroxylation is 2. The van der Waals surface area contributed by atoms with Crippen molar-refractivity contribution >= 4 is 31.9 Å². The molecule has 1 aromatic carbocycles. The van der Waals surface area contributed by atoms with Crippen molar-refractivity contribution in [2.75, 3.05) is 0 Å². The summed E-state index contributed by atoms with van der Waals surface area (Å²) in [5, 5.41) is 7.96. The molecule has 96 valence electrons. The van der Waals surface area contributed by atoms with E-state index in [-0.39, 0.29) is 6.04 Å². The number of aromatic nitrogens is 3. The highest BCUT2D eigenvalue weighted by molar-refractivity contribution is 9.10. The van der Waals surface area contributed by atoms with E-state index in [1.165, 1.54) is 0 Å². The number of nitrogens with two attached hydrogens (primary N) is 1. The van der Waals surface area contributed by atoms with Crippen molar-refractivity contribution in [3.8, 4) is 0 Å². The van der Waals surface area contributed by atoms with E-state index < -0.39 is 0 Å². The van der Waals surface area contributed by atoms with Crippen LogP contribution in [0, 0.1) is 6.92 Å². The van der Waals surface area contributed by atoms with Gasteiger partial charge in [0.2, 0.25) is 0 Å². The van der Waals surface area contributed by atoms with Crippen LogP contribution in [-0.2, 0) is 7.05 Å². The van der Waals surface area contributed by atoms with E-state index in [9.17, 15) is 0 Å². The summed E-state index contributed by atoms with van der Waals surface area (Å²) in [5.74, 6) is 5.69. The number of nitrogens with one attached hydrogen (secondary N) is 1. The lowest BCUT2D eigenvalue weighted by molar-refractivity contribution is 0.567. The second kappa shape index (κ2) is 5.48. The molecule has 18 heavy (non-hydrogen) atoms. The Morgan fingerprint density at radius 1 is 1.39 bits per heavy atom. The summed E-state index contributed by atoms with van der Waals surface area (Å²) in [7, 11) is 1.84. The summed E-state index contributed by atoms with van der Waals surface area (Å²) in [4.78, 5) is 0. The van der Waals surface area contributed by atoms with E-state index in [1.807, 2.05) is 26.1 Å². The third-order valence-electron chi connectivity index (χ3n) is 2.81. The number of hydrogen-bond donors (Lipinski definition) is 2. The molecule has 1 heterocycles. The summed E-state index contributed by atoms with van der Waals surface area (Å²) in [5.41, 5.74) is 5.94. The van der Waals surface area contributed by atoms with Crippen LogP contribution in [0.5, 0.6) is 0 Å². The topological polar surface area (TPSA) is 68.8 Å². The Morgan fingerprint density at radius 3 is 2.61 bits per heavy atom. The molecule has 3 N–H and O–H groups in total. The highest BCUT2D eigenvalue weighted by atomic mass is 79.9. The molecule has 0 bridgehead atoms. The number of hydrazine groups is 1. The van der Waals surface area contributed by atoms with Gasteiger partial charge in [-0.3, -0.25) is 5.84 Å². The molecule has 7 heteroatoms.